The number of hydrogen-bond donors (Lipinski definition) is 1. The molecule has 0 aromatic heterocycles. The normalized spacial score (nSPS) is 12.8. The monoisotopic (exact) mass is 317 g/mol. The molecule has 0 aliphatic rings. The second kappa shape index (κ2) is 8.66. The van der Waals surface area contributed by atoms with Crippen LogP contribution in [0.25, 0.3) is 0 Å². The van der Waals surface area contributed by atoms with Gasteiger partial charge in [-0.1, -0.05) is 26.2 Å². The molecule has 1 aromatic rings. The van der Waals surface area contributed by atoms with Gasteiger partial charge >= 0.3 is 6.18 Å². The predicted molar refractivity (Wildman–Crippen MR) is 78.7 cm³/mol. The van der Waals surface area contributed by atoms with Crippen LogP contribution in [0.5, 0.6) is 5.75 Å². The molecule has 0 radical (unpaired) electrons. The molecule has 0 fully saturated rings. The highest BCUT2D eigenvalue weighted by Crippen LogP contribution is 2.30. The molecule has 6 heteroatoms. The van der Waals surface area contributed by atoms with Crippen molar-refractivity contribution in [3.05, 3.63) is 29.8 Å². The van der Waals surface area contributed by atoms with Crippen molar-refractivity contribution >= 4 is 5.91 Å². The zero-order valence-corrected chi connectivity index (χ0v) is 12.9. The SMILES string of the molecule is CCCCCC(C)NC(=O)COc1ccc(C(F)(F)F)cc1. The Balaban J connectivity index is 2.35. The van der Waals surface area contributed by atoms with Gasteiger partial charge in [-0.3, -0.25) is 4.79 Å². The summed E-state index contributed by atoms with van der Waals surface area (Å²) in [5.41, 5.74) is -0.742. The van der Waals surface area contributed by atoms with Crippen LogP contribution in [0.4, 0.5) is 13.2 Å². The summed E-state index contributed by atoms with van der Waals surface area (Å²) in [5, 5.41) is 2.80. The summed E-state index contributed by atoms with van der Waals surface area (Å²) in [5.74, 6) is -0.0364. The quantitative estimate of drug-likeness (QED) is 0.731. The summed E-state index contributed by atoms with van der Waals surface area (Å²) in [6.45, 7) is 3.83. The number of benzene rings is 1. The van der Waals surface area contributed by atoms with Gasteiger partial charge in [0.2, 0.25) is 0 Å². The molecule has 1 aromatic carbocycles. The Bertz CT molecular complexity index is 457. The van der Waals surface area contributed by atoms with Crippen LogP contribution in [0.2, 0.25) is 0 Å². The number of halogens is 3. The molecule has 0 saturated heterocycles. The molecule has 1 amide bonds. The Hall–Kier alpha value is -1.72. The van der Waals surface area contributed by atoms with Crippen molar-refractivity contribution in [2.24, 2.45) is 0 Å². The van der Waals surface area contributed by atoms with E-state index in [4.69, 9.17) is 4.74 Å². The van der Waals surface area contributed by atoms with Crippen LogP contribution in [0.15, 0.2) is 24.3 Å². The van der Waals surface area contributed by atoms with Gasteiger partial charge in [0.05, 0.1) is 5.56 Å². The molecule has 1 N–H and O–H groups in total. The summed E-state index contributed by atoms with van der Waals surface area (Å²) < 4.78 is 42.4. The van der Waals surface area contributed by atoms with Gasteiger partial charge in [0.25, 0.3) is 5.91 Å². The molecular weight excluding hydrogens is 295 g/mol. The standard InChI is InChI=1S/C16H22F3NO2/c1-3-4-5-6-12(2)20-15(21)11-22-14-9-7-13(8-10-14)16(17,18)19/h7-10,12H,3-6,11H2,1-2H3,(H,20,21). The smallest absolute Gasteiger partial charge is 0.416 e. The van der Waals surface area contributed by atoms with Crippen LogP contribution in [0, 0.1) is 0 Å². The first kappa shape index (κ1) is 18.3. The van der Waals surface area contributed by atoms with Gasteiger partial charge in [-0.15, -0.1) is 0 Å². The summed E-state index contributed by atoms with van der Waals surface area (Å²) in [6, 6.07) is 4.35. The van der Waals surface area contributed by atoms with Gasteiger partial charge in [-0.05, 0) is 37.6 Å². The molecule has 0 heterocycles. The van der Waals surface area contributed by atoms with Crippen molar-refractivity contribution in [2.75, 3.05) is 6.61 Å². The van der Waals surface area contributed by atoms with E-state index >= 15 is 0 Å². The first-order chi connectivity index (χ1) is 10.3. The van der Waals surface area contributed by atoms with Crippen LogP contribution < -0.4 is 10.1 Å². The molecule has 0 aliphatic heterocycles. The maximum atomic E-state index is 12.4. The maximum absolute atomic E-state index is 12.4. The molecule has 1 unspecified atom stereocenters. The molecule has 1 rings (SSSR count). The number of carbonyl (C=O) groups is 1. The average molecular weight is 317 g/mol. The van der Waals surface area contributed by atoms with Crippen molar-refractivity contribution in [3.8, 4) is 5.75 Å². The van der Waals surface area contributed by atoms with Crippen LogP contribution in [-0.2, 0) is 11.0 Å². The van der Waals surface area contributed by atoms with Crippen molar-refractivity contribution in [3.63, 3.8) is 0 Å². The number of alkyl halides is 3. The van der Waals surface area contributed by atoms with Gasteiger partial charge in [-0.2, -0.15) is 13.2 Å². The Labute approximate surface area is 128 Å². The van der Waals surface area contributed by atoms with E-state index in [1.165, 1.54) is 12.1 Å². The fourth-order valence-corrected chi connectivity index (χ4v) is 1.98. The van der Waals surface area contributed by atoms with E-state index in [1.807, 2.05) is 6.92 Å². The number of unbranched alkanes of at least 4 members (excludes halogenated alkanes) is 2. The summed E-state index contributed by atoms with van der Waals surface area (Å²) in [7, 11) is 0. The molecule has 124 valence electrons. The first-order valence-corrected chi connectivity index (χ1v) is 7.42. The predicted octanol–water partition coefficient (Wildman–Crippen LogP) is 4.17. The third-order valence-electron chi connectivity index (χ3n) is 3.20. The summed E-state index contributed by atoms with van der Waals surface area (Å²) in [6.07, 6.45) is -0.165. The lowest BCUT2D eigenvalue weighted by Crippen LogP contribution is -2.36. The fraction of sp³-hybridized carbons (Fsp3) is 0.562. The lowest BCUT2D eigenvalue weighted by molar-refractivity contribution is -0.137. The van der Waals surface area contributed by atoms with E-state index in [9.17, 15) is 18.0 Å². The summed E-state index contributed by atoms with van der Waals surface area (Å²) >= 11 is 0. The number of amides is 1. The Kier molecular flexibility index (Phi) is 7.21. The maximum Gasteiger partial charge on any atom is 0.416 e. The zero-order valence-electron chi connectivity index (χ0n) is 12.9. The lowest BCUT2D eigenvalue weighted by Gasteiger charge is -2.14. The van der Waals surface area contributed by atoms with Gasteiger partial charge in [0.1, 0.15) is 5.75 Å². The number of nitrogens with one attached hydrogen (secondary N) is 1. The largest absolute Gasteiger partial charge is 0.484 e. The lowest BCUT2D eigenvalue weighted by atomic mass is 10.1. The summed E-state index contributed by atoms with van der Waals surface area (Å²) in [4.78, 5) is 11.7. The molecule has 0 aliphatic carbocycles. The van der Waals surface area contributed by atoms with Gasteiger partial charge in [-0.25, -0.2) is 0 Å². The molecule has 0 spiro atoms. The van der Waals surface area contributed by atoms with E-state index in [0.29, 0.717) is 0 Å². The molecule has 0 saturated carbocycles. The molecule has 3 nitrogen and oxygen atoms in total. The first-order valence-electron chi connectivity index (χ1n) is 7.42. The third kappa shape index (κ3) is 6.83. The Morgan fingerprint density at radius 1 is 1.23 bits per heavy atom. The number of ether oxygens (including phenoxy) is 1. The highest BCUT2D eigenvalue weighted by molar-refractivity contribution is 5.77. The second-order valence-corrected chi connectivity index (χ2v) is 5.28. The minimum Gasteiger partial charge on any atom is -0.484 e. The average Bonchev–Trinajstić information content (AvgIpc) is 2.45. The number of carbonyl (C=O) groups excluding carboxylic acids is 1. The van der Waals surface area contributed by atoms with E-state index in [1.54, 1.807) is 0 Å². The molecule has 22 heavy (non-hydrogen) atoms. The molecular formula is C16H22F3NO2. The number of hydrogen-bond acceptors (Lipinski definition) is 2. The van der Waals surface area contributed by atoms with E-state index in [0.717, 1.165) is 37.8 Å². The van der Waals surface area contributed by atoms with Crippen molar-refractivity contribution in [1.29, 1.82) is 0 Å². The fourth-order valence-electron chi connectivity index (χ4n) is 1.98. The van der Waals surface area contributed by atoms with Crippen molar-refractivity contribution in [1.82, 2.24) is 5.32 Å². The van der Waals surface area contributed by atoms with E-state index in [2.05, 4.69) is 12.2 Å². The van der Waals surface area contributed by atoms with Gasteiger partial charge in [0.15, 0.2) is 6.61 Å². The van der Waals surface area contributed by atoms with E-state index < -0.39 is 11.7 Å². The van der Waals surface area contributed by atoms with Crippen LogP contribution in [0.3, 0.4) is 0 Å². The van der Waals surface area contributed by atoms with Gasteiger partial charge < -0.3 is 10.1 Å². The Morgan fingerprint density at radius 3 is 2.41 bits per heavy atom. The highest BCUT2D eigenvalue weighted by atomic mass is 19.4. The second-order valence-electron chi connectivity index (χ2n) is 5.28. The minimum atomic E-state index is -4.37. The van der Waals surface area contributed by atoms with Crippen LogP contribution in [0.1, 0.15) is 45.1 Å². The van der Waals surface area contributed by atoms with E-state index in [-0.39, 0.29) is 24.3 Å². The van der Waals surface area contributed by atoms with Crippen LogP contribution in [-0.4, -0.2) is 18.6 Å². The highest BCUT2D eigenvalue weighted by Gasteiger charge is 2.30. The van der Waals surface area contributed by atoms with Crippen LogP contribution >= 0.6 is 0 Å². The number of rotatable bonds is 8. The zero-order chi connectivity index (χ0) is 16.6. The molecule has 1 atom stereocenters. The minimum absolute atomic E-state index is 0.0651. The molecule has 0 bridgehead atoms. The van der Waals surface area contributed by atoms with Crippen molar-refractivity contribution in [2.45, 2.75) is 51.7 Å². The topological polar surface area (TPSA) is 38.3 Å². The van der Waals surface area contributed by atoms with Gasteiger partial charge in [0, 0.05) is 6.04 Å². The Morgan fingerprint density at radius 2 is 1.86 bits per heavy atom. The van der Waals surface area contributed by atoms with Crippen molar-refractivity contribution < 1.29 is 22.7 Å². The third-order valence-corrected chi connectivity index (χ3v) is 3.20.